The quantitative estimate of drug-likeness (QED) is 0.795. The average Bonchev–Trinajstić information content (AvgIpc) is 3.14. The van der Waals surface area contributed by atoms with E-state index >= 15 is 0 Å². The monoisotopic (exact) mass is 348 g/mol. The summed E-state index contributed by atoms with van der Waals surface area (Å²) < 4.78 is 38.5. The fourth-order valence-electron chi connectivity index (χ4n) is 1.45. The average molecular weight is 348 g/mol. The van der Waals surface area contributed by atoms with Gasteiger partial charge in [-0.1, -0.05) is 5.16 Å². The van der Waals surface area contributed by atoms with Crippen LogP contribution in [0.3, 0.4) is 0 Å². The Morgan fingerprint density at radius 2 is 2.08 bits per heavy atom. The molecule has 0 aliphatic carbocycles. The molecule has 0 spiro atoms. The van der Waals surface area contributed by atoms with Gasteiger partial charge in [0.15, 0.2) is 5.69 Å². The molecule has 2 aromatic heterocycles. The maximum Gasteiger partial charge on any atom is 0.490 e. The molecule has 2 heterocycles. The third-order valence-corrected chi connectivity index (χ3v) is 2.54. The van der Waals surface area contributed by atoms with Crippen molar-refractivity contribution in [1.29, 1.82) is 0 Å². The number of carbonyl (C=O) groups excluding carboxylic acids is 1. The van der Waals surface area contributed by atoms with Crippen molar-refractivity contribution in [2.75, 3.05) is 6.54 Å². The summed E-state index contributed by atoms with van der Waals surface area (Å²) in [7, 11) is 0. The van der Waals surface area contributed by atoms with E-state index in [4.69, 9.17) is 14.4 Å². The highest BCUT2D eigenvalue weighted by Crippen LogP contribution is 2.13. The number of aromatic nitrogens is 3. The number of imidazole rings is 1. The van der Waals surface area contributed by atoms with E-state index in [-0.39, 0.29) is 5.91 Å². The van der Waals surface area contributed by atoms with Gasteiger partial charge in [-0.15, -0.1) is 0 Å². The van der Waals surface area contributed by atoms with Crippen LogP contribution in [-0.4, -0.2) is 44.4 Å². The van der Waals surface area contributed by atoms with E-state index < -0.39 is 12.1 Å². The fraction of sp³-hybridized carbons (Fsp3) is 0.385. The Balaban J connectivity index is 0.000000351. The summed E-state index contributed by atoms with van der Waals surface area (Å²) in [6.45, 7) is 3.18. The van der Waals surface area contributed by atoms with Crippen LogP contribution in [0.25, 0.3) is 0 Å². The molecule has 2 aromatic rings. The van der Waals surface area contributed by atoms with E-state index in [1.54, 1.807) is 25.5 Å². The van der Waals surface area contributed by atoms with Crippen molar-refractivity contribution in [3.05, 3.63) is 36.2 Å². The standard InChI is InChI=1S/C11H14N4O2.C2HF3O2/c1-9-7-10(14-17-9)11(16)13-3-2-5-15-6-4-12-8-15;3-2(4,5)1(6)7/h4,6-8H,2-3,5H2,1H3,(H,13,16);(H,6,7). The molecule has 0 radical (unpaired) electrons. The molecule has 2 N–H and O–H groups in total. The van der Waals surface area contributed by atoms with Gasteiger partial charge in [-0.2, -0.15) is 13.2 Å². The van der Waals surface area contributed by atoms with E-state index in [2.05, 4.69) is 15.5 Å². The number of carboxylic acid groups (broad SMARTS) is 1. The van der Waals surface area contributed by atoms with Crippen molar-refractivity contribution < 1.29 is 32.4 Å². The number of carbonyl (C=O) groups is 2. The molecule has 0 aromatic carbocycles. The normalized spacial score (nSPS) is 10.7. The lowest BCUT2D eigenvalue weighted by atomic mass is 10.3. The highest BCUT2D eigenvalue weighted by atomic mass is 19.4. The van der Waals surface area contributed by atoms with Crippen molar-refractivity contribution >= 4 is 11.9 Å². The van der Waals surface area contributed by atoms with E-state index in [1.807, 2.05) is 10.8 Å². The van der Waals surface area contributed by atoms with Crippen LogP contribution in [0.5, 0.6) is 0 Å². The second-order valence-electron chi connectivity index (χ2n) is 4.54. The molecule has 0 aliphatic rings. The first kappa shape index (κ1) is 19.2. The van der Waals surface area contributed by atoms with Crippen LogP contribution in [0.4, 0.5) is 13.2 Å². The molecular formula is C13H15F3N4O4. The van der Waals surface area contributed by atoms with Gasteiger partial charge in [0.2, 0.25) is 0 Å². The van der Waals surface area contributed by atoms with Crippen molar-refractivity contribution in [2.45, 2.75) is 26.1 Å². The zero-order chi connectivity index (χ0) is 18.2. The Labute approximate surface area is 134 Å². The Kier molecular flexibility index (Phi) is 6.96. The lowest BCUT2D eigenvalue weighted by Crippen LogP contribution is -2.25. The Bertz CT molecular complexity index is 652. The number of carboxylic acids is 1. The van der Waals surface area contributed by atoms with Crippen LogP contribution in [0, 0.1) is 6.92 Å². The Morgan fingerprint density at radius 3 is 2.54 bits per heavy atom. The molecule has 24 heavy (non-hydrogen) atoms. The van der Waals surface area contributed by atoms with Gasteiger partial charge in [-0.3, -0.25) is 4.79 Å². The van der Waals surface area contributed by atoms with E-state index in [0.717, 1.165) is 13.0 Å². The van der Waals surface area contributed by atoms with Crippen LogP contribution in [0.2, 0.25) is 0 Å². The predicted molar refractivity (Wildman–Crippen MR) is 74.1 cm³/mol. The summed E-state index contributed by atoms with van der Waals surface area (Å²) in [6.07, 6.45) is 1.14. The van der Waals surface area contributed by atoms with Gasteiger partial charge in [-0.05, 0) is 13.3 Å². The third-order valence-electron chi connectivity index (χ3n) is 2.54. The number of nitrogens with zero attached hydrogens (tertiary/aromatic N) is 3. The number of aliphatic carboxylic acids is 1. The summed E-state index contributed by atoms with van der Waals surface area (Å²) in [5, 5.41) is 13.5. The molecule has 0 saturated carbocycles. The molecule has 11 heteroatoms. The summed E-state index contributed by atoms with van der Waals surface area (Å²) in [6, 6.07) is 1.62. The highest BCUT2D eigenvalue weighted by molar-refractivity contribution is 5.92. The van der Waals surface area contributed by atoms with Crippen LogP contribution < -0.4 is 5.32 Å². The van der Waals surface area contributed by atoms with Crippen molar-refractivity contribution in [3.63, 3.8) is 0 Å². The molecule has 0 saturated heterocycles. The largest absolute Gasteiger partial charge is 0.490 e. The number of hydrogen-bond acceptors (Lipinski definition) is 5. The fourth-order valence-corrected chi connectivity index (χ4v) is 1.45. The number of rotatable bonds is 5. The molecule has 132 valence electrons. The Morgan fingerprint density at radius 1 is 1.42 bits per heavy atom. The second kappa shape index (κ2) is 8.70. The van der Waals surface area contributed by atoms with E-state index in [9.17, 15) is 18.0 Å². The van der Waals surface area contributed by atoms with Gasteiger partial charge in [0.05, 0.1) is 6.33 Å². The maximum absolute atomic E-state index is 11.6. The lowest BCUT2D eigenvalue weighted by Gasteiger charge is -2.03. The minimum absolute atomic E-state index is 0.201. The smallest absolute Gasteiger partial charge is 0.475 e. The zero-order valence-electron chi connectivity index (χ0n) is 12.6. The maximum atomic E-state index is 11.6. The van der Waals surface area contributed by atoms with Crippen LogP contribution in [0.1, 0.15) is 22.7 Å². The first-order valence-corrected chi connectivity index (χ1v) is 6.67. The van der Waals surface area contributed by atoms with Crippen molar-refractivity contribution in [2.24, 2.45) is 0 Å². The zero-order valence-corrected chi connectivity index (χ0v) is 12.6. The molecule has 0 atom stereocenters. The number of halogens is 3. The SMILES string of the molecule is Cc1cc(C(=O)NCCCn2ccnc2)no1.O=C(O)C(F)(F)F. The second-order valence-corrected chi connectivity index (χ2v) is 4.54. The van der Waals surface area contributed by atoms with E-state index in [0.29, 0.717) is 18.0 Å². The molecule has 1 amide bonds. The molecule has 2 rings (SSSR count). The summed E-state index contributed by atoms with van der Waals surface area (Å²) in [5.41, 5.74) is 0.324. The predicted octanol–water partition coefficient (Wildman–Crippen LogP) is 1.63. The molecule has 0 unspecified atom stereocenters. The van der Waals surface area contributed by atoms with Crippen LogP contribution in [0.15, 0.2) is 29.3 Å². The van der Waals surface area contributed by atoms with Gasteiger partial charge in [-0.25, -0.2) is 9.78 Å². The minimum Gasteiger partial charge on any atom is -0.475 e. The molecular weight excluding hydrogens is 333 g/mol. The topological polar surface area (TPSA) is 110 Å². The first-order valence-electron chi connectivity index (χ1n) is 6.67. The van der Waals surface area contributed by atoms with Gasteiger partial charge < -0.3 is 19.5 Å². The van der Waals surface area contributed by atoms with Crippen LogP contribution >= 0.6 is 0 Å². The van der Waals surface area contributed by atoms with Crippen molar-refractivity contribution in [1.82, 2.24) is 20.0 Å². The number of amides is 1. The Hall–Kier alpha value is -2.85. The lowest BCUT2D eigenvalue weighted by molar-refractivity contribution is -0.192. The number of aryl methyl sites for hydroxylation is 2. The first-order chi connectivity index (χ1) is 11.2. The van der Waals surface area contributed by atoms with E-state index in [1.165, 1.54) is 0 Å². The number of nitrogens with one attached hydrogen (secondary N) is 1. The molecule has 8 nitrogen and oxygen atoms in total. The van der Waals surface area contributed by atoms with Gasteiger partial charge in [0.1, 0.15) is 5.76 Å². The van der Waals surface area contributed by atoms with Gasteiger partial charge >= 0.3 is 12.1 Å². The summed E-state index contributed by atoms with van der Waals surface area (Å²) in [5.74, 6) is -2.33. The summed E-state index contributed by atoms with van der Waals surface area (Å²) in [4.78, 5) is 24.4. The van der Waals surface area contributed by atoms with Crippen molar-refractivity contribution in [3.8, 4) is 0 Å². The number of alkyl halides is 3. The van der Waals surface area contributed by atoms with Gasteiger partial charge in [0, 0.05) is 31.5 Å². The highest BCUT2D eigenvalue weighted by Gasteiger charge is 2.38. The summed E-state index contributed by atoms with van der Waals surface area (Å²) >= 11 is 0. The van der Waals surface area contributed by atoms with Crippen LogP contribution in [-0.2, 0) is 11.3 Å². The molecule has 0 aliphatic heterocycles. The minimum atomic E-state index is -5.08. The van der Waals surface area contributed by atoms with Gasteiger partial charge in [0.25, 0.3) is 5.91 Å². The molecule has 0 bridgehead atoms. The molecule has 0 fully saturated rings. The number of hydrogen-bond donors (Lipinski definition) is 2. The third kappa shape index (κ3) is 6.94.